The van der Waals surface area contributed by atoms with E-state index in [-0.39, 0.29) is 5.56 Å². The zero-order chi connectivity index (χ0) is 13.2. The van der Waals surface area contributed by atoms with Crippen molar-refractivity contribution >= 4 is 0 Å². The Balaban J connectivity index is 2.33. The molecule has 1 saturated heterocycles. The zero-order valence-electron chi connectivity index (χ0n) is 10.2. The van der Waals surface area contributed by atoms with E-state index in [1.54, 1.807) is 0 Å². The number of likely N-dealkylation sites (tertiary alicyclic amines) is 1. The molecule has 0 aliphatic carbocycles. The van der Waals surface area contributed by atoms with Gasteiger partial charge in [0.2, 0.25) is 0 Å². The summed E-state index contributed by atoms with van der Waals surface area (Å²) in [6.45, 7) is 1.57. The van der Waals surface area contributed by atoms with E-state index in [1.165, 1.54) is 18.3 Å². The first-order valence-corrected chi connectivity index (χ1v) is 5.92. The molecule has 0 bridgehead atoms. The number of halogens is 2. The number of pyridine rings is 1. The summed E-state index contributed by atoms with van der Waals surface area (Å²) >= 11 is 0. The van der Waals surface area contributed by atoms with E-state index in [4.69, 9.17) is 0 Å². The van der Waals surface area contributed by atoms with Crippen molar-refractivity contribution in [2.75, 3.05) is 20.1 Å². The molecule has 1 aromatic heterocycles. The third kappa shape index (κ3) is 2.34. The maximum absolute atomic E-state index is 12.7. The molecule has 18 heavy (non-hydrogen) atoms. The minimum absolute atomic E-state index is 0.0615. The van der Waals surface area contributed by atoms with E-state index in [0.717, 1.165) is 13.1 Å². The molecule has 1 aliphatic rings. The maximum atomic E-state index is 12.7. The molecule has 0 N–H and O–H groups in total. The SMILES string of the molecule is CN1CCC(C#N)(c2cc(C(F)F)ccn2)CC1. The Morgan fingerprint density at radius 1 is 1.44 bits per heavy atom. The predicted molar refractivity (Wildman–Crippen MR) is 63.2 cm³/mol. The Morgan fingerprint density at radius 2 is 2.11 bits per heavy atom. The molecule has 3 nitrogen and oxygen atoms in total. The Kier molecular flexibility index (Phi) is 3.58. The van der Waals surface area contributed by atoms with Crippen LogP contribution in [0.4, 0.5) is 8.78 Å². The van der Waals surface area contributed by atoms with Gasteiger partial charge in [0, 0.05) is 11.8 Å². The highest BCUT2D eigenvalue weighted by Gasteiger charge is 2.37. The van der Waals surface area contributed by atoms with Crippen LogP contribution in [0.25, 0.3) is 0 Å². The molecule has 2 heterocycles. The van der Waals surface area contributed by atoms with Crippen LogP contribution in [0, 0.1) is 11.3 Å². The molecule has 0 unspecified atom stereocenters. The van der Waals surface area contributed by atoms with Crippen molar-refractivity contribution in [3.8, 4) is 6.07 Å². The minimum Gasteiger partial charge on any atom is -0.306 e. The Morgan fingerprint density at radius 3 is 2.67 bits per heavy atom. The van der Waals surface area contributed by atoms with Gasteiger partial charge in [0.15, 0.2) is 0 Å². The van der Waals surface area contributed by atoms with E-state index in [0.29, 0.717) is 18.5 Å². The van der Waals surface area contributed by atoms with Crippen molar-refractivity contribution in [3.05, 3.63) is 29.6 Å². The van der Waals surface area contributed by atoms with Crippen LogP contribution < -0.4 is 0 Å². The minimum atomic E-state index is -2.52. The van der Waals surface area contributed by atoms with Crippen molar-refractivity contribution in [1.82, 2.24) is 9.88 Å². The summed E-state index contributed by atoms with van der Waals surface area (Å²) in [5.41, 5.74) is -0.290. The van der Waals surface area contributed by atoms with Crippen molar-refractivity contribution in [2.45, 2.75) is 24.7 Å². The fourth-order valence-corrected chi connectivity index (χ4v) is 2.27. The fourth-order valence-electron chi connectivity index (χ4n) is 2.27. The van der Waals surface area contributed by atoms with Gasteiger partial charge in [-0.15, -0.1) is 0 Å². The second-order valence-electron chi connectivity index (χ2n) is 4.77. The van der Waals surface area contributed by atoms with Gasteiger partial charge in [-0.1, -0.05) is 0 Å². The van der Waals surface area contributed by atoms with Crippen molar-refractivity contribution in [3.63, 3.8) is 0 Å². The lowest BCUT2D eigenvalue weighted by atomic mass is 9.76. The lowest BCUT2D eigenvalue weighted by molar-refractivity contribution is 0.150. The van der Waals surface area contributed by atoms with Crippen LogP contribution in [0.5, 0.6) is 0 Å². The van der Waals surface area contributed by atoms with Gasteiger partial charge in [-0.25, -0.2) is 8.78 Å². The van der Waals surface area contributed by atoms with Gasteiger partial charge in [-0.05, 0) is 45.1 Å². The van der Waals surface area contributed by atoms with E-state index < -0.39 is 11.8 Å². The summed E-state index contributed by atoms with van der Waals surface area (Å²) in [6.07, 6.45) is 0.127. The van der Waals surface area contributed by atoms with Gasteiger partial charge < -0.3 is 4.90 Å². The van der Waals surface area contributed by atoms with Crippen LogP contribution in [0.3, 0.4) is 0 Å². The molecule has 5 heteroatoms. The van der Waals surface area contributed by atoms with E-state index in [2.05, 4.69) is 16.0 Å². The van der Waals surface area contributed by atoms with Gasteiger partial charge in [0.25, 0.3) is 6.43 Å². The number of hydrogen-bond donors (Lipinski definition) is 0. The van der Waals surface area contributed by atoms with Gasteiger partial charge in [-0.2, -0.15) is 5.26 Å². The standard InChI is InChI=1S/C13H15F2N3/c1-18-6-3-13(9-16,4-7-18)11-8-10(12(14)15)2-5-17-11/h2,5,8,12H,3-4,6-7H2,1H3. The smallest absolute Gasteiger partial charge is 0.263 e. The molecule has 2 rings (SSSR count). The lowest BCUT2D eigenvalue weighted by Gasteiger charge is -2.35. The van der Waals surface area contributed by atoms with Crippen LogP contribution in [0.2, 0.25) is 0 Å². The van der Waals surface area contributed by atoms with Crippen LogP contribution in [-0.4, -0.2) is 30.0 Å². The molecule has 0 atom stereocenters. The Hall–Kier alpha value is -1.54. The fraction of sp³-hybridized carbons (Fsp3) is 0.538. The summed E-state index contributed by atoms with van der Waals surface area (Å²) in [6, 6.07) is 4.96. The topological polar surface area (TPSA) is 39.9 Å². The van der Waals surface area contributed by atoms with Crippen LogP contribution >= 0.6 is 0 Å². The number of rotatable bonds is 2. The molecular weight excluding hydrogens is 236 g/mol. The van der Waals surface area contributed by atoms with Gasteiger partial charge in [-0.3, -0.25) is 4.98 Å². The van der Waals surface area contributed by atoms with Crippen LogP contribution in [-0.2, 0) is 5.41 Å². The second kappa shape index (κ2) is 4.99. The molecule has 96 valence electrons. The average molecular weight is 251 g/mol. The molecule has 1 aromatic rings. The molecule has 0 spiro atoms. The number of alkyl halides is 2. The normalized spacial score (nSPS) is 19.7. The first kappa shape index (κ1) is 12.9. The summed E-state index contributed by atoms with van der Waals surface area (Å²) in [5.74, 6) is 0. The highest BCUT2D eigenvalue weighted by atomic mass is 19.3. The Bertz CT molecular complexity index is 460. The highest BCUT2D eigenvalue weighted by molar-refractivity contribution is 5.31. The van der Waals surface area contributed by atoms with E-state index in [9.17, 15) is 14.0 Å². The van der Waals surface area contributed by atoms with Crippen molar-refractivity contribution < 1.29 is 8.78 Å². The monoisotopic (exact) mass is 251 g/mol. The maximum Gasteiger partial charge on any atom is 0.263 e. The first-order chi connectivity index (χ1) is 8.57. The van der Waals surface area contributed by atoms with Crippen molar-refractivity contribution in [2.24, 2.45) is 0 Å². The van der Waals surface area contributed by atoms with E-state index >= 15 is 0 Å². The first-order valence-electron chi connectivity index (χ1n) is 5.92. The van der Waals surface area contributed by atoms with Crippen LogP contribution in [0.15, 0.2) is 18.3 Å². The van der Waals surface area contributed by atoms with E-state index in [1.807, 2.05) is 7.05 Å². The highest BCUT2D eigenvalue weighted by Crippen LogP contribution is 2.34. The molecule has 1 aliphatic heterocycles. The predicted octanol–water partition coefficient (Wildman–Crippen LogP) is 2.51. The number of piperidine rings is 1. The number of hydrogen-bond acceptors (Lipinski definition) is 3. The molecule has 0 saturated carbocycles. The third-order valence-corrected chi connectivity index (χ3v) is 3.58. The Labute approximate surface area is 105 Å². The zero-order valence-corrected chi connectivity index (χ0v) is 10.2. The molecule has 0 amide bonds. The number of nitrogens with zero attached hydrogens (tertiary/aromatic N) is 3. The summed E-state index contributed by atoms with van der Waals surface area (Å²) in [5, 5.41) is 9.41. The third-order valence-electron chi connectivity index (χ3n) is 3.58. The quantitative estimate of drug-likeness (QED) is 0.810. The summed E-state index contributed by atoms with van der Waals surface area (Å²) < 4.78 is 25.4. The van der Waals surface area contributed by atoms with Gasteiger partial charge in [0.05, 0.1) is 11.8 Å². The summed E-state index contributed by atoms with van der Waals surface area (Å²) in [7, 11) is 1.99. The molecule has 0 radical (unpaired) electrons. The lowest BCUT2D eigenvalue weighted by Crippen LogP contribution is -2.40. The van der Waals surface area contributed by atoms with Gasteiger partial charge >= 0.3 is 0 Å². The molecular formula is C13H15F2N3. The molecule has 0 aromatic carbocycles. The number of aromatic nitrogens is 1. The summed E-state index contributed by atoms with van der Waals surface area (Å²) in [4.78, 5) is 6.27. The second-order valence-corrected chi connectivity index (χ2v) is 4.77. The van der Waals surface area contributed by atoms with Crippen molar-refractivity contribution in [1.29, 1.82) is 5.26 Å². The van der Waals surface area contributed by atoms with Gasteiger partial charge in [0.1, 0.15) is 5.41 Å². The van der Waals surface area contributed by atoms with Crippen LogP contribution in [0.1, 0.15) is 30.5 Å². The average Bonchev–Trinajstić information content (AvgIpc) is 2.40. The molecule has 1 fully saturated rings. The largest absolute Gasteiger partial charge is 0.306 e. The number of nitriles is 1.